The second kappa shape index (κ2) is 3.96. The molecule has 2 heterocycles. The van der Waals surface area contributed by atoms with E-state index in [1.54, 1.807) is 0 Å². The summed E-state index contributed by atoms with van der Waals surface area (Å²) < 4.78 is 25.8. The molecule has 0 fully saturated rings. The first-order chi connectivity index (χ1) is 7.49. The fraction of sp³-hybridized carbons (Fsp3) is 0.167. The van der Waals surface area contributed by atoms with Gasteiger partial charge in [0.05, 0.1) is 0 Å². The normalized spacial score (nSPS) is 11.6. The van der Waals surface area contributed by atoms with E-state index in [1.807, 2.05) is 0 Å². The first-order valence-electron chi connectivity index (χ1n) is 3.98. The number of aromatic amines is 1. The number of nitrogens with zero attached hydrogens (tertiary/aromatic N) is 2. The largest absolute Gasteiger partial charge is 0.315 e. The lowest BCUT2D eigenvalue weighted by Gasteiger charge is -2.01. The van der Waals surface area contributed by atoms with Gasteiger partial charge in [-0.1, -0.05) is 22.7 Å². The highest BCUT2D eigenvalue weighted by Gasteiger charge is 2.21. The molecule has 0 saturated carbocycles. The Labute approximate surface area is 98.2 Å². The molecule has 0 aliphatic heterocycles. The van der Waals surface area contributed by atoms with Crippen molar-refractivity contribution in [2.45, 2.75) is 11.1 Å². The van der Waals surface area contributed by atoms with E-state index in [4.69, 9.17) is 0 Å². The minimum atomic E-state index is -3.75. The summed E-state index contributed by atoms with van der Waals surface area (Å²) in [6.45, 7) is 1.52. The molecule has 7 nitrogen and oxygen atoms in total. The molecule has 10 heteroatoms. The third kappa shape index (κ3) is 2.13. The molecule has 0 aliphatic carbocycles. The van der Waals surface area contributed by atoms with Crippen molar-refractivity contribution in [3.63, 3.8) is 0 Å². The van der Waals surface area contributed by atoms with Crippen molar-refractivity contribution in [2.75, 3.05) is 4.72 Å². The predicted molar refractivity (Wildman–Crippen MR) is 60.4 cm³/mol. The standard InChI is InChI=1S/C6H6N4O3S3/c1-3-4(15-6(11)8-3)16(12,13)10-5-9-7-2-14-5/h2H,1H3,(H,8,11)(H,9,10). The second-order valence-electron chi connectivity index (χ2n) is 2.78. The Morgan fingerprint density at radius 2 is 2.25 bits per heavy atom. The highest BCUT2D eigenvalue weighted by molar-refractivity contribution is 7.94. The molecular formula is C6H6N4O3S3. The fourth-order valence-corrected chi connectivity index (χ4v) is 4.02. The molecule has 86 valence electrons. The maximum Gasteiger partial charge on any atom is 0.306 e. The molecule has 0 atom stereocenters. The molecule has 0 bridgehead atoms. The molecular weight excluding hydrogens is 272 g/mol. The van der Waals surface area contributed by atoms with E-state index in [2.05, 4.69) is 19.9 Å². The van der Waals surface area contributed by atoms with Crippen molar-refractivity contribution in [3.8, 4) is 0 Å². The van der Waals surface area contributed by atoms with E-state index in [-0.39, 0.29) is 9.34 Å². The third-order valence-corrected chi connectivity index (χ3v) is 5.29. The summed E-state index contributed by atoms with van der Waals surface area (Å²) in [5.41, 5.74) is 1.72. The molecule has 16 heavy (non-hydrogen) atoms. The summed E-state index contributed by atoms with van der Waals surface area (Å²) >= 11 is 1.70. The lowest BCUT2D eigenvalue weighted by Crippen LogP contribution is -2.12. The van der Waals surface area contributed by atoms with Crippen molar-refractivity contribution in [3.05, 3.63) is 20.9 Å². The zero-order chi connectivity index (χ0) is 11.8. The minimum absolute atomic E-state index is 0.0345. The lowest BCUT2D eigenvalue weighted by molar-refractivity contribution is 0.602. The Bertz CT molecular complexity index is 639. The highest BCUT2D eigenvalue weighted by atomic mass is 32.2. The average molecular weight is 278 g/mol. The van der Waals surface area contributed by atoms with E-state index in [9.17, 15) is 13.2 Å². The summed E-state index contributed by atoms with van der Waals surface area (Å²) in [6.07, 6.45) is 0. The van der Waals surface area contributed by atoms with Gasteiger partial charge in [0, 0.05) is 5.69 Å². The Kier molecular flexibility index (Phi) is 2.78. The van der Waals surface area contributed by atoms with E-state index < -0.39 is 14.9 Å². The van der Waals surface area contributed by atoms with Crippen LogP contribution in [0.15, 0.2) is 14.5 Å². The van der Waals surface area contributed by atoms with Crippen LogP contribution >= 0.6 is 22.7 Å². The van der Waals surface area contributed by atoms with Crippen LogP contribution < -0.4 is 9.60 Å². The summed E-state index contributed by atoms with van der Waals surface area (Å²) in [4.78, 5) is 13.0. The van der Waals surface area contributed by atoms with Gasteiger partial charge < -0.3 is 4.98 Å². The van der Waals surface area contributed by atoms with Crippen LogP contribution in [-0.2, 0) is 10.0 Å². The van der Waals surface area contributed by atoms with E-state index >= 15 is 0 Å². The number of sulfonamides is 1. The van der Waals surface area contributed by atoms with Gasteiger partial charge in [-0.2, -0.15) is 0 Å². The molecule has 2 aromatic heterocycles. The zero-order valence-electron chi connectivity index (χ0n) is 7.92. The lowest BCUT2D eigenvalue weighted by atomic mass is 10.6. The fourth-order valence-electron chi connectivity index (χ4n) is 1.03. The van der Waals surface area contributed by atoms with Gasteiger partial charge in [-0.25, -0.2) is 8.42 Å². The molecule has 2 aromatic rings. The molecule has 0 aliphatic rings. The number of hydrogen-bond donors (Lipinski definition) is 2. The van der Waals surface area contributed by atoms with Gasteiger partial charge in [-0.15, -0.1) is 10.2 Å². The second-order valence-corrected chi connectivity index (χ2v) is 6.47. The monoisotopic (exact) mass is 278 g/mol. The smallest absolute Gasteiger partial charge is 0.306 e. The molecule has 0 unspecified atom stereocenters. The molecule has 0 aromatic carbocycles. The predicted octanol–water partition coefficient (Wildman–Crippen LogP) is 0.397. The molecule has 2 rings (SSSR count). The first-order valence-corrected chi connectivity index (χ1v) is 7.15. The van der Waals surface area contributed by atoms with Crippen LogP contribution in [0.1, 0.15) is 5.69 Å². The quantitative estimate of drug-likeness (QED) is 0.845. The number of aryl methyl sites for hydroxylation is 1. The van der Waals surface area contributed by atoms with Gasteiger partial charge >= 0.3 is 4.87 Å². The van der Waals surface area contributed by atoms with Crippen LogP contribution in [0.3, 0.4) is 0 Å². The van der Waals surface area contributed by atoms with Crippen molar-refractivity contribution >= 4 is 37.8 Å². The topological polar surface area (TPSA) is 105 Å². The summed E-state index contributed by atoms with van der Waals surface area (Å²) in [5.74, 6) is 0. The van der Waals surface area contributed by atoms with E-state index in [1.165, 1.54) is 12.4 Å². The zero-order valence-corrected chi connectivity index (χ0v) is 10.4. The van der Waals surface area contributed by atoms with Gasteiger partial charge in [0.15, 0.2) is 4.21 Å². The van der Waals surface area contributed by atoms with Gasteiger partial charge in [0.1, 0.15) is 5.51 Å². The Hall–Kier alpha value is -1.26. The SMILES string of the molecule is Cc1[nH]c(=O)sc1S(=O)(=O)Nc1nncs1. The van der Waals surface area contributed by atoms with Crippen molar-refractivity contribution in [1.29, 1.82) is 0 Å². The van der Waals surface area contributed by atoms with Gasteiger partial charge in [0.25, 0.3) is 10.0 Å². The van der Waals surface area contributed by atoms with E-state index in [0.29, 0.717) is 17.0 Å². The first kappa shape index (κ1) is 11.2. The number of aromatic nitrogens is 3. The number of rotatable bonds is 3. The molecule has 0 radical (unpaired) electrons. The Morgan fingerprint density at radius 1 is 1.50 bits per heavy atom. The number of H-pyrrole nitrogens is 1. The Balaban J connectivity index is 2.40. The summed E-state index contributed by atoms with van der Waals surface area (Å²) in [7, 11) is -3.75. The number of hydrogen-bond acceptors (Lipinski definition) is 7. The van der Waals surface area contributed by atoms with Crippen LogP contribution in [0.4, 0.5) is 5.13 Å². The van der Waals surface area contributed by atoms with Crippen LogP contribution in [0.5, 0.6) is 0 Å². The van der Waals surface area contributed by atoms with Crippen LogP contribution in [0.25, 0.3) is 0 Å². The van der Waals surface area contributed by atoms with Crippen LogP contribution in [-0.4, -0.2) is 23.6 Å². The van der Waals surface area contributed by atoms with Gasteiger partial charge in [-0.3, -0.25) is 9.52 Å². The maximum atomic E-state index is 11.8. The van der Waals surface area contributed by atoms with E-state index in [0.717, 1.165) is 11.3 Å². The Morgan fingerprint density at radius 3 is 2.75 bits per heavy atom. The van der Waals surface area contributed by atoms with Crippen molar-refractivity contribution in [2.24, 2.45) is 0 Å². The van der Waals surface area contributed by atoms with Crippen LogP contribution in [0.2, 0.25) is 0 Å². The number of thiazole rings is 1. The summed E-state index contributed by atoms with van der Waals surface area (Å²) in [6, 6.07) is 0. The average Bonchev–Trinajstić information content (AvgIpc) is 2.75. The molecule has 2 N–H and O–H groups in total. The minimum Gasteiger partial charge on any atom is -0.315 e. The van der Waals surface area contributed by atoms with Gasteiger partial charge in [-0.05, 0) is 6.92 Å². The molecule has 0 spiro atoms. The summed E-state index contributed by atoms with van der Waals surface area (Å²) in [5, 5.41) is 7.23. The van der Waals surface area contributed by atoms with Crippen molar-refractivity contribution in [1.82, 2.24) is 15.2 Å². The number of nitrogens with one attached hydrogen (secondary N) is 2. The third-order valence-electron chi connectivity index (χ3n) is 1.61. The molecule has 0 amide bonds. The van der Waals surface area contributed by atoms with Crippen molar-refractivity contribution < 1.29 is 8.42 Å². The maximum absolute atomic E-state index is 11.8. The van der Waals surface area contributed by atoms with Gasteiger partial charge in [0.2, 0.25) is 5.13 Å². The molecule has 0 saturated heterocycles. The number of anilines is 1. The van der Waals surface area contributed by atoms with Crippen LogP contribution in [0, 0.1) is 6.92 Å². The highest BCUT2D eigenvalue weighted by Crippen LogP contribution is 2.20.